The predicted molar refractivity (Wildman–Crippen MR) is 140 cm³/mol. The monoisotopic (exact) mass is 457 g/mol. The first-order valence-electron chi connectivity index (χ1n) is 13.6. The smallest absolute Gasteiger partial charge is 0.231 e. The lowest BCUT2D eigenvalue weighted by atomic mass is 9.80. The lowest BCUT2D eigenvalue weighted by Crippen LogP contribution is -2.25. The second-order valence-corrected chi connectivity index (χ2v) is 10.5. The Bertz CT molecular complexity index is 1130. The van der Waals surface area contributed by atoms with Gasteiger partial charge in [-0.1, -0.05) is 69.4 Å². The minimum absolute atomic E-state index is 0.210. The summed E-state index contributed by atoms with van der Waals surface area (Å²) in [6, 6.07) is 15.4. The molecule has 1 aromatic heterocycles. The standard InChI is InChI=1S/C31H39NO2/c1-3-29-26(27-19-25-20-31(33)32(4-2)28(25)21-30(27)34-29)17-16-22-10-8-9-13-24(15-14-22)18-23-11-6-5-7-12-23/h5-7,11-12,19,21-22,24H,3-4,8-10,13-18,20H2,1-2H3. The first-order valence-corrected chi connectivity index (χ1v) is 13.6. The molecule has 2 heterocycles. The highest BCUT2D eigenvalue weighted by atomic mass is 16.3. The summed E-state index contributed by atoms with van der Waals surface area (Å²) < 4.78 is 6.33. The van der Waals surface area contributed by atoms with Crippen LogP contribution < -0.4 is 4.90 Å². The molecule has 0 saturated heterocycles. The lowest BCUT2D eigenvalue weighted by Gasteiger charge is -2.25. The Morgan fingerprint density at radius 1 is 0.971 bits per heavy atom. The van der Waals surface area contributed by atoms with Gasteiger partial charge in [-0.15, -0.1) is 0 Å². The average molecular weight is 458 g/mol. The number of anilines is 1. The summed E-state index contributed by atoms with van der Waals surface area (Å²) in [5.74, 6) is 2.98. The van der Waals surface area contributed by atoms with Crippen molar-refractivity contribution in [2.24, 2.45) is 11.8 Å². The minimum atomic E-state index is 0.210. The summed E-state index contributed by atoms with van der Waals surface area (Å²) in [6.45, 7) is 4.96. The molecule has 0 N–H and O–H groups in total. The topological polar surface area (TPSA) is 33.5 Å². The largest absolute Gasteiger partial charge is 0.461 e. The molecule has 2 unspecified atom stereocenters. The number of furan rings is 1. The SMILES string of the molecule is CCc1oc2cc3c(cc2c1CCC1CCCCC(Cc2ccccc2)CC1)CC(=O)N3CC. The molecule has 3 nitrogen and oxygen atoms in total. The van der Waals surface area contributed by atoms with Gasteiger partial charge in [0.1, 0.15) is 11.3 Å². The van der Waals surface area contributed by atoms with E-state index in [-0.39, 0.29) is 5.91 Å². The molecule has 2 aliphatic rings. The molecule has 1 aliphatic carbocycles. The van der Waals surface area contributed by atoms with Crippen molar-refractivity contribution in [1.82, 2.24) is 0 Å². The number of hydrogen-bond donors (Lipinski definition) is 0. The van der Waals surface area contributed by atoms with E-state index in [1.165, 1.54) is 73.4 Å². The van der Waals surface area contributed by atoms with Crippen LogP contribution in [0.25, 0.3) is 11.0 Å². The number of rotatable bonds is 7. The van der Waals surface area contributed by atoms with Gasteiger partial charge in [0.15, 0.2) is 0 Å². The van der Waals surface area contributed by atoms with Gasteiger partial charge in [-0.25, -0.2) is 0 Å². The maximum Gasteiger partial charge on any atom is 0.231 e. The third-order valence-electron chi connectivity index (χ3n) is 8.27. The Labute approximate surface area is 204 Å². The zero-order valence-electron chi connectivity index (χ0n) is 20.9. The highest BCUT2D eigenvalue weighted by Crippen LogP contribution is 2.38. The minimum Gasteiger partial charge on any atom is -0.461 e. The van der Waals surface area contributed by atoms with Crippen LogP contribution >= 0.6 is 0 Å². The number of fused-ring (bicyclic) bond motifs is 2. The Hall–Kier alpha value is -2.55. The number of carbonyl (C=O) groups is 1. The molecular formula is C31H39NO2. The van der Waals surface area contributed by atoms with Gasteiger partial charge >= 0.3 is 0 Å². The third kappa shape index (κ3) is 4.80. The lowest BCUT2D eigenvalue weighted by molar-refractivity contribution is -0.117. The Morgan fingerprint density at radius 2 is 1.74 bits per heavy atom. The molecule has 2 aromatic carbocycles. The van der Waals surface area contributed by atoms with Crippen molar-refractivity contribution in [2.45, 2.75) is 84.5 Å². The molecule has 5 rings (SSSR count). The van der Waals surface area contributed by atoms with Crippen LogP contribution in [-0.4, -0.2) is 12.5 Å². The van der Waals surface area contributed by atoms with Gasteiger partial charge in [0.2, 0.25) is 5.91 Å². The number of amides is 1. The Balaban J connectivity index is 1.28. The number of benzene rings is 2. The first-order chi connectivity index (χ1) is 16.7. The van der Waals surface area contributed by atoms with Crippen LogP contribution in [0.3, 0.4) is 0 Å². The molecule has 34 heavy (non-hydrogen) atoms. The van der Waals surface area contributed by atoms with Gasteiger partial charge in [-0.05, 0) is 61.6 Å². The van der Waals surface area contributed by atoms with Crippen molar-refractivity contribution in [3.8, 4) is 0 Å². The normalized spacial score (nSPS) is 21.0. The predicted octanol–water partition coefficient (Wildman–Crippen LogP) is 7.67. The summed E-state index contributed by atoms with van der Waals surface area (Å²) in [4.78, 5) is 14.3. The molecule has 1 fully saturated rings. The van der Waals surface area contributed by atoms with Crippen molar-refractivity contribution in [3.63, 3.8) is 0 Å². The average Bonchev–Trinajstić information content (AvgIpc) is 3.34. The molecular weight excluding hydrogens is 418 g/mol. The van der Waals surface area contributed by atoms with Gasteiger partial charge in [-0.2, -0.15) is 0 Å². The quantitative estimate of drug-likeness (QED) is 0.365. The van der Waals surface area contributed by atoms with Crippen molar-refractivity contribution < 1.29 is 9.21 Å². The first kappa shape index (κ1) is 23.2. The van der Waals surface area contributed by atoms with E-state index >= 15 is 0 Å². The number of likely N-dealkylation sites (N-methyl/N-ethyl adjacent to an activating group) is 1. The second-order valence-electron chi connectivity index (χ2n) is 10.5. The van der Waals surface area contributed by atoms with Crippen LogP contribution in [0.5, 0.6) is 0 Å². The summed E-state index contributed by atoms with van der Waals surface area (Å²) in [5, 5.41) is 1.24. The van der Waals surface area contributed by atoms with Crippen molar-refractivity contribution in [2.75, 3.05) is 11.4 Å². The van der Waals surface area contributed by atoms with Crippen molar-refractivity contribution in [3.05, 3.63) is 64.9 Å². The van der Waals surface area contributed by atoms with E-state index in [0.29, 0.717) is 6.42 Å². The van der Waals surface area contributed by atoms with Gasteiger partial charge in [0, 0.05) is 30.0 Å². The van der Waals surface area contributed by atoms with E-state index in [1.54, 1.807) is 0 Å². The number of carbonyl (C=O) groups excluding carboxylic acids is 1. The maximum atomic E-state index is 12.4. The summed E-state index contributed by atoms with van der Waals surface area (Å²) in [6.07, 6.45) is 13.2. The zero-order chi connectivity index (χ0) is 23.5. The number of nitrogens with zero attached hydrogens (tertiary/aromatic N) is 1. The van der Waals surface area contributed by atoms with Crippen molar-refractivity contribution in [1.29, 1.82) is 0 Å². The Kier molecular flexibility index (Phi) is 7.08. The van der Waals surface area contributed by atoms with Crippen LogP contribution in [-0.2, 0) is 30.5 Å². The van der Waals surface area contributed by atoms with E-state index in [2.05, 4.69) is 49.4 Å². The molecule has 0 radical (unpaired) electrons. The van der Waals surface area contributed by atoms with Crippen molar-refractivity contribution >= 4 is 22.6 Å². The van der Waals surface area contributed by atoms with Gasteiger partial charge in [-0.3, -0.25) is 4.79 Å². The van der Waals surface area contributed by atoms with E-state index in [4.69, 9.17) is 4.42 Å². The molecule has 1 amide bonds. The molecule has 1 saturated carbocycles. The van der Waals surface area contributed by atoms with Crippen LogP contribution in [0.1, 0.15) is 81.2 Å². The molecule has 3 aromatic rings. The fourth-order valence-corrected chi connectivity index (χ4v) is 6.39. The maximum absolute atomic E-state index is 12.4. The fourth-order valence-electron chi connectivity index (χ4n) is 6.39. The highest BCUT2D eigenvalue weighted by Gasteiger charge is 2.28. The summed E-state index contributed by atoms with van der Waals surface area (Å²) in [5.41, 5.74) is 6.06. The molecule has 0 spiro atoms. The highest BCUT2D eigenvalue weighted by molar-refractivity contribution is 6.04. The second kappa shape index (κ2) is 10.4. The summed E-state index contributed by atoms with van der Waals surface area (Å²) in [7, 11) is 0. The van der Waals surface area contributed by atoms with Crippen LogP contribution in [0.4, 0.5) is 5.69 Å². The number of aryl methyl sites for hydroxylation is 2. The molecule has 0 bridgehead atoms. The number of hydrogen-bond acceptors (Lipinski definition) is 2. The molecule has 1 aliphatic heterocycles. The van der Waals surface area contributed by atoms with Gasteiger partial charge in [0.25, 0.3) is 0 Å². The fraction of sp³-hybridized carbons (Fsp3) is 0.516. The van der Waals surface area contributed by atoms with Gasteiger partial charge in [0.05, 0.1) is 12.1 Å². The molecule has 3 heteroatoms. The third-order valence-corrected chi connectivity index (χ3v) is 8.27. The van der Waals surface area contributed by atoms with E-state index < -0.39 is 0 Å². The zero-order valence-corrected chi connectivity index (χ0v) is 20.9. The van der Waals surface area contributed by atoms with Crippen LogP contribution in [0.15, 0.2) is 46.9 Å². The van der Waals surface area contributed by atoms with Gasteiger partial charge < -0.3 is 9.32 Å². The van der Waals surface area contributed by atoms with Crippen LogP contribution in [0, 0.1) is 11.8 Å². The van der Waals surface area contributed by atoms with E-state index in [9.17, 15) is 4.79 Å². The molecule has 180 valence electrons. The molecule has 2 atom stereocenters. The Morgan fingerprint density at radius 3 is 2.50 bits per heavy atom. The van der Waals surface area contributed by atoms with Crippen LogP contribution in [0.2, 0.25) is 0 Å². The van der Waals surface area contributed by atoms with E-state index in [1.807, 2.05) is 11.8 Å². The summed E-state index contributed by atoms with van der Waals surface area (Å²) >= 11 is 0. The van der Waals surface area contributed by atoms with E-state index in [0.717, 1.165) is 48.3 Å².